The van der Waals surface area contributed by atoms with Crippen LogP contribution in [0.4, 0.5) is 4.39 Å². The van der Waals surface area contributed by atoms with E-state index < -0.39 is 15.8 Å². The van der Waals surface area contributed by atoms with Crippen molar-refractivity contribution in [3.8, 4) is 0 Å². The largest absolute Gasteiger partial charge is 0.336 e. The highest BCUT2D eigenvalue weighted by molar-refractivity contribution is 9.10. The molecule has 0 spiro atoms. The van der Waals surface area contributed by atoms with Crippen molar-refractivity contribution in [2.75, 3.05) is 32.4 Å². The third kappa shape index (κ3) is 3.18. The number of amides is 1. The molecule has 110 valence electrons. The highest BCUT2D eigenvalue weighted by Gasteiger charge is 2.27. The monoisotopic (exact) mass is 364 g/mol. The van der Waals surface area contributed by atoms with E-state index in [0.29, 0.717) is 13.1 Å². The Labute approximate surface area is 125 Å². The van der Waals surface area contributed by atoms with Crippen LogP contribution < -0.4 is 0 Å². The molecule has 1 aromatic carbocycles. The van der Waals surface area contributed by atoms with Crippen molar-refractivity contribution < 1.29 is 17.6 Å². The maximum absolute atomic E-state index is 13.4. The van der Waals surface area contributed by atoms with Crippen LogP contribution in [0.5, 0.6) is 0 Å². The van der Waals surface area contributed by atoms with Crippen molar-refractivity contribution in [3.63, 3.8) is 0 Å². The number of sulfonamides is 1. The van der Waals surface area contributed by atoms with Gasteiger partial charge >= 0.3 is 0 Å². The van der Waals surface area contributed by atoms with E-state index in [0.717, 1.165) is 6.26 Å². The Morgan fingerprint density at radius 2 is 1.85 bits per heavy atom. The average molecular weight is 365 g/mol. The Morgan fingerprint density at radius 1 is 1.25 bits per heavy atom. The van der Waals surface area contributed by atoms with Crippen LogP contribution in [0, 0.1) is 5.82 Å². The molecule has 1 aliphatic heterocycles. The number of carbonyl (C=O) groups is 1. The summed E-state index contributed by atoms with van der Waals surface area (Å²) in [6.45, 7) is 1.12. The van der Waals surface area contributed by atoms with Gasteiger partial charge in [0.2, 0.25) is 10.0 Å². The summed E-state index contributed by atoms with van der Waals surface area (Å²) in [6, 6.07) is 4.28. The number of nitrogens with zero attached hydrogens (tertiary/aromatic N) is 2. The van der Waals surface area contributed by atoms with Crippen molar-refractivity contribution in [1.82, 2.24) is 9.21 Å². The molecule has 5 nitrogen and oxygen atoms in total. The zero-order valence-corrected chi connectivity index (χ0v) is 13.2. The quantitative estimate of drug-likeness (QED) is 0.794. The molecule has 0 saturated carbocycles. The number of halogens is 2. The zero-order chi connectivity index (χ0) is 14.9. The van der Waals surface area contributed by atoms with Crippen LogP contribution in [0.3, 0.4) is 0 Å². The number of piperazine rings is 1. The number of hydrogen-bond donors (Lipinski definition) is 0. The molecule has 2 rings (SSSR count). The van der Waals surface area contributed by atoms with E-state index in [1.807, 2.05) is 0 Å². The van der Waals surface area contributed by atoms with Crippen LogP contribution in [0.15, 0.2) is 22.7 Å². The highest BCUT2D eigenvalue weighted by Crippen LogP contribution is 2.22. The first-order chi connectivity index (χ1) is 9.30. The predicted molar refractivity (Wildman–Crippen MR) is 76.4 cm³/mol. The molecule has 1 fully saturated rings. The fourth-order valence-electron chi connectivity index (χ4n) is 2.06. The number of carbonyl (C=O) groups excluding carboxylic acids is 1. The Kier molecular flexibility index (Phi) is 4.46. The number of rotatable bonds is 2. The third-order valence-electron chi connectivity index (χ3n) is 3.18. The predicted octanol–water partition coefficient (Wildman–Crippen LogP) is 1.31. The van der Waals surface area contributed by atoms with Gasteiger partial charge in [-0.15, -0.1) is 0 Å². The lowest BCUT2D eigenvalue weighted by molar-refractivity contribution is 0.0696. The van der Waals surface area contributed by atoms with Crippen LogP contribution in [0.2, 0.25) is 0 Å². The third-order valence-corrected chi connectivity index (χ3v) is 5.29. The van der Waals surface area contributed by atoms with Crippen LogP contribution in [-0.4, -0.2) is 56.0 Å². The molecular formula is C12H14BrFN2O3S. The minimum atomic E-state index is -3.23. The Bertz CT molecular complexity index is 628. The standard InChI is InChI=1S/C12H14BrFN2O3S/c1-20(18,19)16-7-5-15(6-8-16)12(17)9-3-2-4-10(14)11(9)13/h2-4H,5-8H2,1H3. The Balaban J connectivity index is 2.11. The minimum absolute atomic E-state index is 0.135. The molecule has 0 atom stereocenters. The van der Waals surface area contributed by atoms with Crippen molar-refractivity contribution in [3.05, 3.63) is 34.1 Å². The first-order valence-corrected chi connectivity index (χ1v) is 8.63. The summed E-state index contributed by atoms with van der Waals surface area (Å²) >= 11 is 3.06. The van der Waals surface area contributed by atoms with Crippen molar-refractivity contribution >= 4 is 31.9 Å². The summed E-state index contributed by atoms with van der Waals surface area (Å²) in [5.74, 6) is -0.796. The van der Waals surface area contributed by atoms with E-state index in [1.54, 1.807) is 6.07 Å². The van der Waals surface area contributed by atoms with Gasteiger partial charge in [-0.05, 0) is 28.1 Å². The van der Waals surface area contributed by atoms with Gasteiger partial charge in [-0.25, -0.2) is 12.8 Å². The summed E-state index contributed by atoms with van der Waals surface area (Å²) in [6.07, 6.45) is 1.15. The van der Waals surface area contributed by atoms with Gasteiger partial charge in [0, 0.05) is 26.2 Å². The highest BCUT2D eigenvalue weighted by atomic mass is 79.9. The van der Waals surface area contributed by atoms with Gasteiger partial charge in [0.05, 0.1) is 16.3 Å². The van der Waals surface area contributed by atoms with E-state index >= 15 is 0 Å². The molecule has 0 unspecified atom stereocenters. The first-order valence-electron chi connectivity index (χ1n) is 5.99. The molecule has 1 heterocycles. The second-order valence-corrected chi connectivity index (χ2v) is 7.33. The van der Waals surface area contributed by atoms with E-state index in [4.69, 9.17) is 0 Å². The van der Waals surface area contributed by atoms with Gasteiger partial charge in [-0.1, -0.05) is 6.07 Å². The molecule has 8 heteroatoms. The van der Waals surface area contributed by atoms with Gasteiger partial charge < -0.3 is 4.90 Å². The van der Waals surface area contributed by atoms with E-state index in [9.17, 15) is 17.6 Å². The van der Waals surface area contributed by atoms with Gasteiger partial charge in [-0.2, -0.15) is 4.31 Å². The molecule has 0 radical (unpaired) electrons. The normalized spacial score (nSPS) is 17.2. The summed E-state index contributed by atoms with van der Waals surface area (Å²) in [4.78, 5) is 13.8. The first kappa shape index (κ1) is 15.4. The van der Waals surface area contributed by atoms with Crippen molar-refractivity contribution in [2.45, 2.75) is 0 Å². The van der Waals surface area contributed by atoms with Crippen LogP contribution in [0.1, 0.15) is 10.4 Å². The molecule has 0 aromatic heterocycles. The molecular weight excluding hydrogens is 351 g/mol. The summed E-state index contributed by atoms with van der Waals surface area (Å²) in [7, 11) is -3.23. The number of benzene rings is 1. The molecule has 1 amide bonds. The zero-order valence-electron chi connectivity index (χ0n) is 10.8. The lowest BCUT2D eigenvalue weighted by atomic mass is 10.2. The van der Waals surface area contributed by atoms with Crippen LogP contribution >= 0.6 is 15.9 Å². The van der Waals surface area contributed by atoms with Crippen LogP contribution in [0.25, 0.3) is 0 Å². The van der Waals surface area contributed by atoms with Crippen LogP contribution in [-0.2, 0) is 10.0 Å². The maximum atomic E-state index is 13.4. The Hall–Kier alpha value is -0.990. The lowest BCUT2D eigenvalue weighted by Crippen LogP contribution is -2.50. The summed E-state index contributed by atoms with van der Waals surface area (Å²) in [5, 5.41) is 0. The molecule has 0 N–H and O–H groups in total. The van der Waals surface area contributed by atoms with Crippen molar-refractivity contribution in [2.24, 2.45) is 0 Å². The fraction of sp³-hybridized carbons (Fsp3) is 0.417. The molecule has 1 aromatic rings. The minimum Gasteiger partial charge on any atom is -0.336 e. The van der Waals surface area contributed by atoms with Crippen molar-refractivity contribution in [1.29, 1.82) is 0 Å². The van der Waals surface area contributed by atoms with Gasteiger partial charge in [0.15, 0.2) is 0 Å². The molecule has 1 saturated heterocycles. The second kappa shape index (κ2) is 5.79. The van der Waals surface area contributed by atoms with E-state index in [-0.39, 0.29) is 29.0 Å². The smallest absolute Gasteiger partial charge is 0.255 e. The van der Waals surface area contributed by atoms with Gasteiger partial charge in [0.1, 0.15) is 5.82 Å². The molecule has 20 heavy (non-hydrogen) atoms. The van der Waals surface area contributed by atoms with E-state index in [2.05, 4.69) is 15.9 Å². The topological polar surface area (TPSA) is 57.7 Å². The Morgan fingerprint density at radius 3 is 2.40 bits per heavy atom. The molecule has 0 aliphatic carbocycles. The summed E-state index contributed by atoms with van der Waals surface area (Å²) in [5.41, 5.74) is 0.248. The van der Waals surface area contributed by atoms with Gasteiger partial charge in [0.25, 0.3) is 5.91 Å². The fourth-order valence-corrected chi connectivity index (χ4v) is 3.32. The average Bonchev–Trinajstić information content (AvgIpc) is 2.40. The van der Waals surface area contributed by atoms with E-state index in [1.165, 1.54) is 21.3 Å². The SMILES string of the molecule is CS(=O)(=O)N1CCN(C(=O)c2cccc(F)c2Br)CC1. The van der Waals surface area contributed by atoms with Gasteiger partial charge in [-0.3, -0.25) is 4.79 Å². The molecule has 1 aliphatic rings. The number of hydrogen-bond acceptors (Lipinski definition) is 3. The summed E-state index contributed by atoms with van der Waals surface area (Å²) < 4.78 is 37.7. The maximum Gasteiger partial charge on any atom is 0.255 e. The molecule has 0 bridgehead atoms. The lowest BCUT2D eigenvalue weighted by Gasteiger charge is -2.33. The second-order valence-electron chi connectivity index (χ2n) is 4.56.